The first-order chi connectivity index (χ1) is 8.97. The second kappa shape index (κ2) is 5.95. The van der Waals surface area contributed by atoms with Crippen LogP contribution in [0.4, 0.5) is 0 Å². The van der Waals surface area contributed by atoms with Crippen LogP contribution in [-0.4, -0.2) is 11.9 Å². The maximum Gasteiger partial charge on any atom is 0.227 e. The first-order valence-corrected chi connectivity index (χ1v) is 6.92. The number of carbonyl (C=O) groups is 1. The van der Waals surface area contributed by atoms with Crippen molar-refractivity contribution in [3.63, 3.8) is 0 Å². The Morgan fingerprint density at radius 3 is 2.68 bits per heavy atom. The van der Waals surface area contributed by atoms with Crippen LogP contribution in [0, 0.1) is 5.92 Å². The van der Waals surface area contributed by atoms with Crippen molar-refractivity contribution in [2.24, 2.45) is 11.7 Å². The molecule has 5 heteroatoms. The molecule has 0 aliphatic heterocycles. The molecule has 0 saturated carbocycles. The summed E-state index contributed by atoms with van der Waals surface area (Å²) >= 11 is 11.8. The highest BCUT2D eigenvalue weighted by atomic mass is 35.5. The minimum absolute atomic E-state index is 0.0113. The maximum atomic E-state index is 12.0. The van der Waals surface area contributed by atoms with E-state index >= 15 is 0 Å². The zero-order chi connectivity index (χ0) is 14.0. The van der Waals surface area contributed by atoms with E-state index in [2.05, 4.69) is 5.32 Å². The minimum atomic E-state index is -0.139. The Kier molecular flexibility index (Phi) is 4.50. The summed E-state index contributed by atoms with van der Waals surface area (Å²) in [4.78, 5) is 12.0. The lowest BCUT2D eigenvalue weighted by Gasteiger charge is -2.17. The van der Waals surface area contributed by atoms with Gasteiger partial charge in [-0.05, 0) is 31.0 Å². The van der Waals surface area contributed by atoms with Gasteiger partial charge < -0.3 is 11.1 Å². The highest BCUT2D eigenvalue weighted by molar-refractivity contribution is 6.42. The van der Waals surface area contributed by atoms with Gasteiger partial charge in [0, 0.05) is 6.04 Å². The van der Waals surface area contributed by atoms with E-state index in [1.165, 1.54) is 0 Å². The lowest BCUT2D eigenvalue weighted by atomic mass is 10.0. The quantitative estimate of drug-likeness (QED) is 0.843. The van der Waals surface area contributed by atoms with Gasteiger partial charge in [-0.3, -0.25) is 4.79 Å². The molecule has 3 atom stereocenters. The van der Waals surface area contributed by atoms with Crippen molar-refractivity contribution >= 4 is 29.1 Å². The molecule has 1 aromatic carbocycles. The van der Waals surface area contributed by atoms with Gasteiger partial charge in [-0.2, -0.15) is 0 Å². The number of hydrogen-bond acceptors (Lipinski definition) is 2. The zero-order valence-electron chi connectivity index (χ0n) is 10.6. The molecule has 0 spiro atoms. The van der Waals surface area contributed by atoms with Gasteiger partial charge in [-0.15, -0.1) is 0 Å². The average Bonchev–Trinajstić information content (AvgIpc) is 2.79. The fourth-order valence-corrected chi connectivity index (χ4v) is 2.41. The molecule has 102 valence electrons. The van der Waals surface area contributed by atoms with Gasteiger partial charge in [-0.1, -0.05) is 41.4 Å². The van der Waals surface area contributed by atoms with Gasteiger partial charge >= 0.3 is 0 Å². The van der Waals surface area contributed by atoms with Crippen LogP contribution in [-0.2, 0) is 4.79 Å². The smallest absolute Gasteiger partial charge is 0.227 e. The molecule has 1 aliphatic carbocycles. The average molecular weight is 299 g/mol. The van der Waals surface area contributed by atoms with E-state index in [4.69, 9.17) is 28.9 Å². The van der Waals surface area contributed by atoms with Crippen molar-refractivity contribution in [1.29, 1.82) is 0 Å². The third kappa shape index (κ3) is 3.50. The van der Waals surface area contributed by atoms with Crippen LogP contribution in [0.15, 0.2) is 30.4 Å². The molecule has 1 aromatic rings. The summed E-state index contributed by atoms with van der Waals surface area (Å²) < 4.78 is 0. The van der Waals surface area contributed by atoms with Crippen LogP contribution >= 0.6 is 23.2 Å². The molecular formula is C14H16Cl2N2O. The maximum absolute atomic E-state index is 12.0. The molecule has 3 N–H and O–H groups in total. The highest BCUT2D eigenvalue weighted by Gasteiger charge is 2.24. The summed E-state index contributed by atoms with van der Waals surface area (Å²) in [6.45, 7) is 1.91. The molecule has 0 heterocycles. The third-order valence-electron chi connectivity index (χ3n) is 3.26. The Labute approximate surface area is 122 Å². The molecular weight excluding hydrogens is 283 g/mol. The van der Waals surface area contributed by atoms with Crippen molar-refractivity contribution in [3.05, 3.63) is 46.0 Å². The van der Waals surface area contributed by atoms with Gasteiger partial charge in [0.2, 0.25) is 5.91 Å². The Balaban J connectivity index is 2.00. The minimum Gasteiger partial charge on any atom is -0.349 e. The van der Waals surface area contributed by atoms with Crippen molar-refractivity contribution in [2.45, 2.75) is 25.4 Å². The molecule has 2 rings (SSSR count). The molecule has 1 amide bonds. The van der Waals surface area contributed by atoms with Gasteiger partial charge in [0.1, 0.15) is 0 Å². The Morgan fingerprint density at radius 2 is 2.11 bits per heavy atom. The van der Waals surface area contributed by atoms with E-state index in [9.17, 15) is 4.79 Å². The third-order valence-corrected chi connectivity index (χ3v) is 3.99. The van der Waals surface area contributed by atoms with Crippen LogP contribution in [0.2, 0.25) is 10.0 Å². The summed E-state index contributed by atoms with van der Waals surface area (Å²) in [7, 11) is 0. The molecule has 0 aromatic heterocycles. The van der Waals surface area contributed by atoms with E-state index in [1.807, 2.05) is 25.1 Å². The predicted molar refractivity (Wildman–Crippen MR) is 78.2 cm³/mol. The molecule has 0 bridgehead atoms. The number of nitrogens with two attached hydrogens (primary N) is 1. The molecule has 19 heavy (non-hydrogen) atoms. The molecule has 0 fully saturated rings. The van der Waals surface area contributed by atoms with Gasteiger partial charge in [0.25, 0.3) is 0 Å². The predicted octanol–water partition coefficient (Wildman–Crippen LogP) is 3.07. The summed E-state index contributed by atoms with van der Waals surface area (Å²) in [5.74, 6) is -0.150. The lowest BCUT2D eigenvalue weighted by molar-refractivity contribution is -0.124. The van der Waals surface area contributed by atoms with Gasteiger partial charge in [0.05, 0.1) is 22.0 Å². The fraction of sp³-hybridized carbons (Fsp3) is 0.357. The first kappa shape index (κ1) is 14.4. The van der Waals surface area contributed by atoms with E-state index in [0.29, 0.717) is 16.5 Å². The van der Waals surface area contributed by atoms with E-state index < -0.39 is 0 Å². The monoisotopic (exact) mass is 298 g/mol. The Hall–Kier alpha value is -1.03. The first-order valence-electron chi connectivity index (χ1n) is 6.16. The topological polar surface area (TPSA) is 55.1 Å². The Morgan fingerprint density at radius 1 is 1.37 bits per heavy atom. The molecule has 0 radical (unpaired) electrons. The molecule has 3 nitrogen and oxygen atoms in total. The van der Waals surface area contributed by atoms with Crippen LogP contribution in [0.25, 0.3) is 0 Å². The SMILES string of the molecule is CC(NC(=O)C1C=CC(N)C1)c1ccc(Cl)c(Cl)c1. The fourth-order valence-electron chi connectivity index (χ4n) is 2.11. The van der Waals surface area contributed by atoms with Crippen molar-refractivity contribution < 1.29 is 4.79 Å². The summed E-state index contributed by atoms with van der Waals surface area (Å²) in [6.07, 6.45) is 4.40. The van der Waals surface area contributed by atoms with Gasteiger partial charge in [-0.25, -0.2) is 0 Å². The van der Waals surface area contributed by atoms with Crippen LogP contribution < -0.4 is 11.1 Å². The second-order valence-corrected chi connectivity index (χ2v) is 5.61. The number of amides is 1. The summed E-state index contributed by atoms with van der Waals surface area (Å²) in [5.41, 5.74) is 6.67. The van der Waals surface area contributed by atoms with E-state index in [-0.39, 0.29) is 23.9 Å². The molecule has 3 unspecified atom stereocenters. The van der Waals surface area contributed by atoms with Crippen LogP contribution in [0.1, 0.15) is 24.9 Å². The Bertz CT molecular complexity index is 516. The van der Waals surface area contributed by atoms with Crippen LogP contribution in [0.3, 0.4) is 0 Å². The van der Waals surface area contributed by atoms with Crippen LogP contribution in [0.5, 0.6) is 0 Å². The number of carbonyl (C=O) groups excluding carboxylic acids is 1. The number of benzene rings is 1. The van der Waals surface area contributed by atoms with Crippen molar-refractivity contribution in [3.8, 4) is 0 Å². The number of nitrogens with one attached hydrogen (secondary N) is 1. The number of rotatable bonds is 3. The number of halogens is 2. The van der Waals surface area contributed by atoms with Gasteiger partial charge in [0.15, 0.2) is 0 Å². The summed E-state index contributed by atoms with van der Waals surface area (Å²) in [5, 5.41) is 3.95. The molecule has 1 aliphatic rings. The zero-order valence-corrected chi connectivity index (χ0v) is 12.1. The normalized spacial score (nSPS) is 23.4. The standard InChI is InChI=1S/C14H16Cl2N2O/c1-8(9-3-5-12(15)13(16)7-9)18-14(19)10-2-4-11(17)6-10/h2-5,7-8,10-11H,6,17H2,1H3,(H,18,19). The van der Waals surface area contributed by atoms with E-state index in [1.54, 1.807) is 12.1 Å². The highest BCUT2D eigenvalue weighted by Crippen LogP contribution is 2.26. The van der Waals surface area contributed by atoms with E-state index in [0.717, 1.165) is 5.56 Å². The lowest BCUT2D eigenvalue weighted by Crippen LogP contribution is -2.32. The largest absolute Gasteiger partial charge is 0.349 e. The summed E-state index contributed by atoms with van der Waals surface area (Å²) in [6, 6.07) is 5.22. The molecule has 0 saturated heterocycles. The second-order valence-electron chi connectivity index (χ2n) is 4.79. The number of hydrogen-bond donors (Lipinski definition) is 2. The van der Waals surface area contributed by atoms with Crippen molar-refractivity contribution in [2.75, 3.05) is 0 Å². The van der Waals surface area contributed by atoms with Crippen molar-refractivity contribution in [1.82, 2.24) is 5.32 Å².